The molecule has 0 bridgehead atoms. The average Bonchev–Trinajstić information content (AvgIpc) is 3.05. The zero-order chi connectivity index (χ0) is 19.7. The van der Waals surface area contributed by atoms with Crippen molar-refractivity contribution < 1.29 is 4.79 Å². The zero-order valence-corrected chi connectivity index (χ0v) is 16.2. The molecule has 4 heterocycles. The van der Waals surface area contributed by atoms with Crippen molar-refractivity contribution in [2.75, 3.05) is 25.0 Å². The summed E-state index contributed by atoms with van der Waals surface area (Å²) in [5, 5.41) is 13.3. The minimum atomic E-state index is -0.287. The number of carbonyl (C=O) groups excluding carboxylic acids is 1. The van der Waals surface area contributed by atoms with Crippen LogP contribution in [0.3, 0.4) is 0 Å². The third kappa shape index (κ3) is 3.78. The first-order valence-corrected chi connectivity index (χ1v) is 9.57. The van der Waals surface area contributed by atoms with Gasteiger partial charge in [0.1, 0.15) is 24.9 Å². The van der Waals surface area contributed by atoms with Gasteiger partial charge in [-0.1, -0.05) is 6.92 Å². The summed E-state index contributed by atoms with van der Waals surface area (Å²) in [4.78, 5) is 28.8. The molecule has 9 nitrogen and oxygen atoms in total. The first kappa shape index (κ1) is 18.3. The number of aromatic nitrogens is 2. The predicted octanol–water partition coefficient (Wildman–Crippen LogP) is 0.524. The van der Waals surface area contributed by atoms with Crippen LogP contribution in [-0.2, 0) is 11.3 Å². The van der Waals surface area contributed by atoms with E-state index in [4.69, 9.17) is 0 Å². The molecule has 1 aromatic rings. The molecule has 0 aromatic carbocycles. The number of hydrogen-bond donors (Lipinski definition) is 1. The molecule has 1 N–H and O–H groups in total. The standard InChI is InChI=1S/C19H25N7O2/c1-14-5-8-24(9-6-14)16-3-4-19(28)26(22-16)12-17(27)21-15-7-10-25-18(11-15)23(2)13-20-25/h3-4,7,10-11,13-14,18H,5-6,8-9,12H2,1-2H3,(H,21,27). The second-order valence-electron chi connectivity index (χ2n) is 7.53. The Hall–Kier alpha value is -3.10. The Bertz CT molecular complexity index is 896. The Morgan fingerprint density at radius 2 is 2.07 bits per heavy atom. The van der Waals surface area contributed by atoms with Gasteiger partial charge >= 0.3 is 0 Å². The summed E-state index contributed by atoms with van der Waals surface area (Å²) in [7, 11) is 1.92. The fraction of sp³-hybridized carbons (Fsp3) is 0.474. The summed E-state index contributed by atoms with van der Waals surface area (Å²) in [6.07, 6.45) is 9.40. The van der Waals surface area contributed by atoms with Crippen LogP contribution in [0, 0.1) is 5.92 Å². The lowest BCUT2D eigenvalue weighted by Gasteiger charge is -2.31. The van der Waals surface area contributed by atoms with Gasteiger partial charge in [0.2, 0.25) is 5.91 Å². The molecule has 1 amide bonds. The highest BCUT2D eigenvalue weighted by molar-refractivity contribution is 5.78. The summed E-state index contributed by atoms with van der Waals surface area (Å²) in [6.45, 7) is 3.97. The van der Waals surface area contributed by atoms with E-state index in [9.17, 15) is 9.59 Å². The maximum Gasteiger partial charge on any atom is 0.267 e. The van der Waals surface area contributed by atoms with Crippen molar-refractivity contribution in [3.63, 3.8) is 0 Å². The summed E-state index contributed by atoms with van der Waals surface area (Å²) < 4.78 is 1.23. The largest absolute Gasteiger partial charge is 0.355 e. The van der Waals surface area contributed by atoms with Crippen LogP contribution in [0.25, 0.3) is 0 Å². The normalized spacial score (nSPS) is 21.7. The highest BCUT2D eigenvalue weighted by Gasteiger charge is 2.25. The van der Waals surface area contributed by atoms with E-state index in [0.717, 1.165) is 31.7 Å². The van der Waals surface area contributed by atoms with Gasteiger partial charge in [-0.15, -0.1) is 0 Å². The van der Waals surface area contributed by atoms with Crippen LogP contribution >= 0.6 is 0 Å². The van der Waals surface area contributed by atoms with E-state index in [2.05, 4.69) is 27.3 Å². The summed E-state index contributed by atoms with van der Waals surface area (Å²) in [6, 6.07) is 3.22. The highest BCUT2D eigenvalue weighted by Crippen LogP contribution is 2.20. The Morgan fingerprint density at radius 3 is 2.86 bits per heavy atom. The van der Waals surface area contributed by atoms with Crippen LogP contribution in [0.4, 0.5) is 5.82 Å². The molecule has 3 aliphatic rings. The second-order valence-corrected chi connectivity index (χ2v) is 7.53. The van der Waals surface area contributed by atoms with Gasteiger partial charge in [0.05, 0.1) is 0 Å². The fourth-order valence-corrected chi connectivity index (χ4v) is 3.54. The number of carbonyl (C=O) groups is 1. The number of piperidine rings is 1. The Balaban J connectivity index is 1.42. The van der Waals surface area contributed by atoms with Gasteiger partial charge in [0, 0.05) is 38.1 Å². The van der Waals surface area contributed by atoms with Crippen molar-refractivity contribution in [1.29, 1.82) is 0 Å². The molecule has 0 aliphatic carbocycles. The lowest BCUT2D eigenvalue weighted by atomic mass is 9.99. The van der Waals surface area contributed by atoms with Crippen molar-refractivity contribution in [1.82, 2.24) is 25.0 Å². The first-order valence-electron chi connectivity index (χ1n) is 9.57. The van der Waals surface area contributed by atoms with Gasteiger partial charge in [0.15, 0.2) is 0 Å². The Morgan fingerprint density at radius 1 is 1.29 bits per heavy atom. The predicted molar refractivity (Wildman–Crippen MR) is 106 cm³/mol. The van der Waals surface area contributed by atoms with Crippen molar-refractivity contribution in [2.45, 2.75) is 32.5 Å². The number of allylic oxidation sites excluding steroid dienone is 1. The number of fused-ring (bicyclic) bond motifs is 1. The average molecular weight is 383 g/mol. The van der Waals surface area contributed by atoms with Crippen molar-refractivity contribution in [2.24, 2.45) is 11.0 Å². The van der Waals surface area contributed by atoms with Gasteiger partial charge in [0.25, 0.3) is 5.56 Å². The van der Waals surface area contributed by atoms with Gasteiger partial charge < -0.3 is 15.1 Å². The van der Waals surface area contributed by atoms with Crippen LogP contribution < -0.4 is 15.8 Å². The number of anilines is 1. The lowest BCUT2D eigenvalue weighted by Crippen LogP contribution is -2.39. The number of rotatable bonds is 4. The van der Waals surface area contributed by atoms with Gasteiger partial charge in [-0.25, -0.2) is 9.69 Å². The van der Waals surface area contributed by atoms with Gasteiger partial charge in [-0.2, -0.15) is 10.2 Å². The maximum atomic E-state index is 12.5. The number of likely N-dealkylation sites (N-methyl/N-ethyl adjacent to an activating group) is 1. The number of hydrogen-bond acceptors (Lipinski definition) is 7. The molecule has 1 unspecified atom stereocenters. The minimum absolute atomic E-state index is 0.0500. The molecule has 9 heteroatoms. The van der Waals surface area contributed by atoms with E-state index in [1.54, 1.807) is 23.5 Å². The Kier molecular flexibility index (Phi) is 4.89. The third-order valence-electron chi connectivity index (χ3n) is 5.33. The van der Waals surface area contributed by atoms with Crippen LogP contribution in [0.1, 0.15) is 19.8 Å². The third-order valence-corrected chi connectivity index (χ3v) is 5.33. The van der Waals surface area contributed by atoms with E-state index in [1.807, 2.05) is 24.2 Å². The molecule has 4 rings (SSSR count). The lowest BCUT2D eigenvalue weighted by molar-refractivity contribution is -0.121. The Labute approximate surface area is 163 Å². The number of hydrazone groups is 1. The van der Waals surface area contributed by atoms with E-state index >= 15 is 0 Å². The molecule has 0 radical (unpaired) electrons. The molecule has 28 heavy (non-hydrogen) atoms. The highest BCUT2D eigenvalue weighted by atomic mass is 16.2. The van der Waals surface area contributed by atoms with Gasteiger partial charge in [-0.05, 0) is 37.0 Å². The molecule has 3 aliphatic heterocycles. The van der Waals surface area contributed by atoms with E-state index < -0.39 is 0 Å². The number of nitrogens with zero attached hydrogens (tertiary/aromatic N) is 6. The van der Waals surface area contributed by atoms with Crippen LogP contribution in [0.2, 0.25) is 0 Å². The topological polar surface area (TPSA) is 86.1 Å². The van der Waals surface area contributed by atoms with E-state index in [0.29, 0.717) is 11.6 Å². The smallest absolute Gasteiger partial charge is 0.267 e. The van der Waals surface area contributed by atoms with Crippen molar-refractivity contribution in [3.8, 4) is 0 Å². The number of amides is 1. The van der Waals surface area contributed by atoms with Crippen LogP contribution in [0.15, 0.2) is 46.1 Å². The first-order chi connectivity index (χ1) is 13.5. The number of nitrogens with one attached hydrogen (secondary N) is 1. The van der Waals surface area contributed by atoms with Crippen LogP contribution in [-0.4, -0.2) is 58.2 Å². The molecule has 0 spiro atoms. The summed E-state index contributed by atoms with van der Waals surface area (Å²) in [5.41, 5.74) is 0.394. The molecular weight excluding hydrogens is 358 g/mol. The second kappa shape index (κ2) is 7.49. The molecule has 148 valence electrons. The molecular formula is C19H25N7O2. The zero-order valence-electron chi connectivity index (χ0n) is 16.2. The summed E-state index contributed by atoms with van der Waals surface area (Å²) in [5.74, 6) is 1.17. The van der Waals surface area contributed by atoms with Gasteiger partial charge in [-0.3, -0.25) is 9.59 Å². The molecule has 1 aromatic heterocycles. The monoisotopic (exact) mass is 383 g/mol. The molecule has 1 saturated heterocycles. The van der Waals surface area contributed by atoms with Crippen LogP contribution in [0.5, 0.6) is 0 Å². The van der Waals surface area contributed by atoms with E-state index in [1.165, 1.54) is 10.7 Å². The minimum Gasteiger partial charge on any atom is -0.355 e. The molecule has 1 atom stereocenters. The summed E-state index contributed by atoms with van der Waals surface area (Å²) >= 11 is 0. The van der Waals surface area contributed by atoms with Crippen molar-refractivity contribution in [3.05, 3.63) is 46.5 Å². The maximum absolute atomic E-state index is 12.5. The quantitative estimate of drug-likeness (QED) is 0.816. The molecule has 1 fully saturated rings. The molecule has 0 saturated carbocycles. The SMILES string of the molecule is CC1CCN(c2ccc(=O)n(CC(=O)NC3=CC4N(C)C=NN4C=C3)n2)CC1. The van der Waals surface area contributed by atoms with E-state index in [-0.39, 0.29) is 24.2 Å². The fourth-order valence-electron chi connectivity index (χ4n) is 3.54. The van der Waals surface area contributed by atoms with Crippen molar-refractivity contribution >= 4 is 18.1 Å².